The molecule has 0 N–H and O–H groups in total. The third-order valence-electron chi connectivity index (χ3n) is 3.44. The minimum atomic E-state index is 0.244. The fourth-order valence-corrected chi connectivity index (χ4v) is 2.40. The van der Waals surface area contributed by atoms with Crippen LogP contribution in [0.5, 0.6) is 0 Å². The van der Waals surface area contributed by atoms with Crippen LogP contribution in [0.3, 0.4) is 0 Å². The minimum absolute atomic E-state index is 0.244. The summed E-state index contributed by atoms with van der Waals surface area (Å²) >= 11 is 0. The summed E-state index contributed by atoms with van der Waals surface area (Å²) < 4.78 is 0. The van der Waals surface area contributed by atoms with E-state index in [4.69, 9.17) is 0 Å². The van der Waals surface area contributed by atoms with E-state index in [0.717, 1.165) is 32.4 Å². The zero-order chi connectivity index (χ0) is 13.2. The fraction of sp³-hybridized carbons (Fsp3) is 0.562. The van der Waals surface area contributed by atoms with E-state index < -0.39 is 0 Å². The van der Waals surface area contributed by atoms with Gasteiger partial charge in [-0.2, -0.15) is 0 Å². The number of benzene rings is 1. The predicted octanol–water partition coefficient (Wildman–Crippen LogP) is 3.53. The molecule has 0 radical (unpaired) electrons. The molecular weight excluding hydrogens is 222 g/mol. The van der Waals surface area contributed by atoms with Crippen LogP contribution in [0.25, 0.3) is 0 Å². The van der Waals surface area contributed by atoms with Crippen molar-refractivity contribution >= 4 is 5.78 Å². The number of carbonyl (C=O) groups is 1. The number of rotatable bonds is 3. The molecule has 1 saturated carbocycles. The van der Waals surface area contributed by atoms with Gasteiger partial charge in [-0.05, 0) is 25.9 Å². The number of ketones is 1. The molecule has 0 aliphatic heterocycles. The highest BCUT2D eigenvalue weighted by Gasteiger charge is 2.25. The summed E-state index contributed by atoms with van der Waals surface area (Å²) in [6.45, 7) is 6.27. The van der Waals surface area contributed by atoms with Crippen LogP contribution < -0.4 is 0 Å². The molecule has 1 aliphatic carbocycles. The summed E-state index contributed by atoms with van der Waals surface area (Å²) in [5.41, 5.74) is 0. The molecule has 2 rings (SSSR count). The van der Waals surface area contributed by atoms with Crippen molar-refractivity contribution in [2.45, 2.75) is 45.6 Å². The van der Waals surface area contributed by atoms with Gasteiger partial charge in [-0.3, -0.25) is 9.69 Å². The highest BCUT2D eigenvalue weighted by atomic mass is 16.1. The summed E-state index contributed by atoms with van der Waals surface area (Å²) in [7, 11) is 0. The van der Waals surface area contributed by atoms with E-state index >= 15 is 0 Å². The van der Waals surface area contributed by atoms with Gasteiger partial charge in [-0.15, -0.1) is 0 Å². The van der Waals surface area contributed by atoms with Gasteiger partial charge in [0.05, 0.1) is 6.04 Å². The summed E-state index contributed by atoms with van der Waals surface area (Å²) in [5, 5.41) is 0. The van der Waals surface area contributed by atoms with Crippen molar-refractivity contribution in [1.82, 2.24) is 4.90 Å². The molecule has 1 aromatic rings. The number of hydrogen-bond acceptors (Lipinski definition) is 2. The molecule has 1 fully saturated rings. The molecule has 100 valence electrons. The third-order valence-corrected chi connectivity index (χ3v) is 3.44. The quantitative estimate of drug-likeness (QED) is 0.814. The van der Waals surface area contributed by atoms with E-state index in [0.29, 0.717) is 5.78 Å². The first-order chi connectivity index (χ1) is 8.79. The molecule has 2 heteroatoms. The van der Waals surface area contributed by atoms with E-state index in [-0.39, 0.29) is 6.04 Å². The Morgan fingerprint density at radius 2 is 1.50 bits per heavy atom. The van der Waals surface area contributed by atoms with Gasteiger partial charge in [0.15, 0.2) is 0 Å². The fourth-order valence-electron chi connectivity index (χ4n) is 2.40. The lowest BCUT2D eigenvalue weighted by atomic mass is 9.93. The molecule has 1 atom stereocenters. The molecule has 1 unspecified atom stereocenters. The zero-order valence-electron chi connectivity index (χ0n) is 11.6. The zero-order valence-corrected chi connectivity index (χ0v) is 11.6. The Morgan fingerprint density at radius 3 is 1.89 bits per heavy atom. The summed E-state index contributed by atoms with van der Waals surface area (Å²) in [4.78, 5) is 13.8. The molecule has 0 aromatic heterocycles. The number of nitrogens with zero attached hydrogens (tertiary/aromatic N) is 1. The van der Waals surface area contributed by atoms with E-state index in [1.165, 1.54) is 6.42 Å². The van der Waals surface area contributed by atoms with E-state index in [1.807, 2.05) is 36.4 Å². The number of Topliss-reactive ketones (excluding diaryl/α,β-unsaturated/α-hetero) is 1. The monoisotopic (exact) mass is 247 g/mol. The summed E-state index contributed by atoms with van der Waals surface area (Å²) in [5.74, 6) is 0.463. The first kappa shape index (κ1) is 14.9. The van der Waals surface area contributed by atoms with E-state index in [9.17, 15) is 4.79 Å². The van der Waals surface area contributed by atoms with Gasteiger partial charge in [0, 0.05) is 6.42 Å². The van der Waals surface area contributed by atoms with Crippen LogP contribution in [0.15, 0.2) is 36.4 Å². The van der Waals surface area contributed by atoms with Gasteiger partial charge < -0.3 is 0 Å². The first-order valence-corrected chi connectivity index (χ1v) is 7.06. The normalized spacial score (nSPS) is 19.3. The van der Waals surface area contributed by atoms with Crippen molar-refractivity contribution in [3.63, 3.8) is 0 Å². The van der Waals surface area contributed by atoms with Crippen LogP contribution >= 0.6 is 0 Å². The molecule has 0 bridgehead atoms. The lowest BCUT2D eigenvalue weighted by Crippen LogP contribution is -2.42. The number of carbonyl (C=O) groups excluding carboxylic acids is 1. The van der Waals surface area contributed by atoms with Crippen LogP contribution in [-0.4, -0.2) is 29.8 Å². The van der Waals surface area contributed by atoms with Crippen LogP contribution in [-0.2, 0) is 4.79 Å². The first-order valence-electron chi connectivity index (χ1n) is 7.06. The maximum Gasteiger partial charge on any atom is 0.149 e. The molecular formula is C16H25NO. The highest BCUT2D eigenvalue weighted by Crippen LogP contribution is 2.19. The predicted molar refractivity (Wildman–Crippen MR) is 76.6 cm³/mol. The molecule has 0 heterocycles. The molecule has 18 heavy (non-hydrogen) atoms. The number of hydrogen-bond donors (Lipinski definition) is 0. The average Bonchev–Trinajstić information content (AvgIpc) is 2.45. The molecule has 2 nitrogen and oxygen atoms in total. The molecule has 0 saturated heterocycles. The van der Waals surface area contributed by atoms with E-state index in [1.54, 1.807) is 0 Å². The maximum atomic E-state index is 11.5. The summed E-state index contributed by atoms with van der Waals surface area (Å²) in [6, 6.07) is 12.2. The van der Waals surface area contributed by atoms with Crippen LogP contribution in [0.2, 0.25) is 0 Å². The molecule has 0 spiro atoms. The topological polar surface area (TPSA) is 20.3 Å². The van der Waals surface area contributed by atoms with Crippen molar-refractivity contribution in [1.29, 1.82) is 0 Å². The van der Waals surface area contributed by atoms with Crippen molar-refractivity contribution in [3.8, 4) is 0 Å². The number of likely N-dealkylation sites (N-methyl/N-ethyl adjacent to an activating group) is 1. The Labute approximate surface area is 111 Å². The van der Waals surface area contributed by atoms with Gasteiger partial charge >= 0.3 is 0 Å². The molecule has 1 aliphatic rings. The lowest BCUT2D eigenvalue weighted by Gasteiger charge is -2.31. The maximum absolute atomic E-state index is 11.5. The van der Waals surface area contributed by atoms with Gasteiger partial charge in [-0.1, -0.05) is 56.7 Å². The van der Waals surface area contributed by atoms with Gasteiger partial charge in [-0.25, -0.2) is 0 Å². The van der Waals surface area contributed by atoms with Crippen molar-refractivity contribution < 1.29 is 4.79 Å². The Balaban J connectivity index is 0.000000225. The van der Waals surface area contributed by atoms with Crippen LogP contribution in [0.1, 0.15) is 39.5 Å². The third kappa shape index (κ3) is 5.01. The van der Waals surface area contributed by atoms with Crippen LogP contribution in [0, 0.1) is 0 Å². The van der Waals surface area contributed by atoms with Gasteiger partial charge in [0.25, 0.3) is 0 Å². The second kappa shape index (κ2) is 8.87. The second-order valence-corrected chi connectivity index (χ2v) is 4.60. The Hall–Kier alpha value is -1.15. The van der Waals surface area contributed by atoms with Crippen molar-refractivity contribution in [3.05, 3.63) is 36.4 Å². The highest BCUT2D eigenvalue weighted by molar-refractivity contribution is 5.84. The van der Waals surface area contributed by atoms with Crippen molar-refractivity contribution in [2.24, 2.45) is 0 Å². The Kier molecular flexibility index (Phi) is 7.35. The smallest absolute Gasteiger partial charge is 0.149 e. The minimum Gasteiger partial charge on any atom is -0.298 e. The summed E-state index contributed by atoms with van der Waals surface area (Å²) in [6.07, 6.45) is 4.23. The molecule has 0 amide bonds. The second-order valence-electron chi connectivity index (χ2n) is 4.60. The van der Waals surface area contributed by atoms with Crippen molar-refractivity contribution in [2.75, 3.05) is 13.1 Å². The Morgan fingerprint density at radius 1 is 1.00 bits per heavy atom. The Bertz CT molecular complexity index is 292. The van der Waals surface area contributed by atoms with Crippen LogP contribution in [0.4, 0.5) is 0 Å². The molecule has 1 aromatic carbocycles. The van der Waals surface area contributed by atoms with E-state index in [2.05, 4.69) is 18.7 Å². The average molecular weight is 247 g/mol. The SMILES string of the molecule is CCN(CC)C1CCCCC1=O.c1ccccc1. The standard InChI is InChI=1S/C10H19NO.C6H6/c1-3-11(4-2)9-7-5-6-8-10(9)12;1-2-4-6-5-3-1/h9H,3-8H2,1-2H3;1-6H. The largest absolute Gasteiger partial charge is 0.298 e. The van der Waals surface area contributed by atoms with Gasteiger partial charge in [0.2, 0.25) is 0 Å². The lowest BCUT2D eigenvalue weighted by molar-refractivity contribution is -0.126. The van der Waals surface area contributed by atoms with Gasteiger partial charge in [0.1, 0.15) is 5.78 Å².